The lowest BCUT2D eigenvalue weighted by molar-refractivity contribution is -0.113. The van der Waals surface area contributed by atoms with E-state index in [9.17, 15) is 9.90 Å². The lowest BCUT2D eigenvalue weighted by atomic mass is 9.80. The average Bonchev–Trinajstić information content (AvgIpc) is 3.12. The van der Waals surface area contributed by atoms with Gasteiger partial charge in [-0.15, -0.1) is 0 Å². The zero-order valence-electron chi connectivity index (χ0n) is 24.6. The van der Waals surface area contributed by atoms with Gasteiger partial charge < -0.3 is 9.84 Å². The smallest absolute Gasteiger partial charge is 0.361 e. The summed E-state index contributed by atoms with van der Waals surface area (Å²) in [5, 5.41) is 11.3. The number of carbonyl (C=O) groups excluding carboxylic acids is 1. The van der Waals surface area contributed by atoms with Gasteiger partial charge in [-0.05, 0) is 66.1 Å². The maximum atomic E-state index is 13.7. The van der Waals surface area contributed by atoms with Crippen LogP contribution in [0.3, 0.4) is 0 Å². The second kappa shape index (κ2) is 11.9. The first-order chi connectivity index (χ1) is 22.0. The molecule has 0 radical (unpaired) electrons. The van der Waals surface area contributed by atoms with Crippen molar-refractivity contribution in [3.05, 3.63) is 190 Å². The van der Waals surface area contributed by atoms with E-state index in [2.05, 4.69) is 0 Å². The van der Waals surface area contributed by atoms with E-state index in [1.807, 2.05) is 153 Å². The average molecular weight is 586 g/mol. The van der Waals surface area contributed by atoms with Crippen LogP contribution in [0.25, 0.3) is 40.2 Å². The van der Waals surface area contributed by atoms with Gasteiger partial charge in [-0.3, -0.25) is 4.79 Å². The number of ketones is 1. The summed E-state index contributed by atoms with van der Waals surface area (Å²) < 4.78 is 12.6. The number of carbonyl (C=O) groups is 1. The van der Waals surface area contributed by atoms with E-state index in [0.29, 0.717) is 34.2 Å². The SMILES string of the molecule is CC(=C1C=C(c2ccccc2)OC(c2ccccc2)=C1)C1=C(O)C(=Cc2cc(-c3ccccc3)[o+]c(-c3ccccc3)c2)C1=O. The van der Waals surface area contributed by atoms with Gasteiger partial charge in [-0.1, -0.05) is 97.1 Å². The Balaban J connectivity index is 1.31. The van der Waals surface area contributed by atoms with Crippen LogP contribution in [0.2, 0.25) is 0 Å². The fourth-order valence-corrected chi connectivity index (χ4v) is 5.52. The largest absolute Gasteiger partial charge is 0.506 e. The van der Waals surface area contributed by atoms with E-state index in [1.165, 1.54) is 0 Å². The second-order valence-electron chi connectivity index (χ2n) is 10.9. The van der Waals surface area contributed by atoms with E-state index < -0.39 is 0 Å². The Hall–Kier alpha value is -6.00. The van der Waals surface area contributed by atoms with Crippen LogP contribution in [-0.2, 0) is 9.53 Å². The normalized spacial score (nSPS) is 15.3. The predicted octanol–water partition coefficient (Wildman–Crippen LogP) is 10.1. The fourth-order valence-electron chi connectivity index (χ4n) is 5.52. The molecule has 0 fully saturated rings. The van der Waals surface area contributed by atoms with Crippen molar-refractivity contribution < 1.29 is 19.1 Å². The Morgan fingerprint density at radius 1 is 0.644 bits per heavy atom. The molecule has 0 saturated heterocycles. The molecule has 1 N–H and O–H groups in total. The van der Waals surface area contributed by atoms with Crippen LogP contribution in [0.1, 0.15) is 23.6 Å². The first-order valence-electron chi connectivity index (χ1n) is 14.8. The summed E-state index contributed by atoms with van der Waals surface area (Å²) >= 11 is 0. The van der Waals surface area contributed by atoms with E-state index in [-0.39, 0.29) is 17.1 Å². The lowest BCUT2D eigenvalue weighted by Crippen LogP contribution is -2.23. The monoisotopic (exact) mass is 585 g/mol. The van der Waals surface area contributed by atoms with Crippen LogP contribution >= 0.6 is 0 Å². The Bertz CT molecular complexity index is 1950. The molecule has 0 saturated carbocycles. The number of hydrogen-bond acceptors (Lipinski definition) is 3. The summed E-state index contributed by atoms with van der Waals surface area (Å²) in [7, 11) is 0. The number of aliphatic hydroxyl groups is 1. The first-order valence-corrected chi connectivity index (χ1v) is 14.8. The summed E-state index contributed by atoms with van der Waals surface area (Å²) in [6, 6.07) is 43.1. The molecule has 216 valence electrons. The minimum Gasteiger partial charge on any atom is -0.506 e. The molecule has 1 aromatic heterocycles. The van der Waals surface area contributed by atoms with Crippen molar-refractivity contribution in [3.63, 3.8) is 0 Å². The predicted molar refractivity (Wildman–Crippen MR) is 179 cm³/mol. The Morgan fingerprint density at radius 2 is 1.07 bits per heavy atom. The van der Waals surface area contributed by atoms with Crippen molar-refractivity contribution in [1.29, 1.82) is 0 Å². The van der Waals surface area contributed by atoms with Crippen LogP contribution in [0.4, 0.5) is 0 Å². The van der Waals surface area contributed by atoms with Crippen LogP contribution in [0.15, 0.2) is 178 Å². The second-order valence-corrected chi connectivity index (χ2v) is 10.9. The molecule has 0 bridgehead atoms. The molecule has 2 heterocycles. The van der Waals surface area contributed by atoms with Crippen LogP contribution in [-0.4, -0.2) is 10.9 Å². The Labute approximate surface area is 261 Å². The van der Waals surface area contributed by atoms with Gasteiger partial charge in [0, 0.05) is 11.1 Å². The number of hydrogen-bond donors (Lipinski definition) is 1. The maximum absolute atomic E-state index is 13.7. The molecule has 0 spiro atoms. The third-order valence-corrected chi connectivity index (χ3v) is 7.92. The highest BCUT2D eigenvalue weighted by Gasteiger charge is 2.36. The van der Waals surface area contributed by atoms with E-state index >= 15 is 0 Å². The van der Waals surface area contributed by atoms with Gasteiger partial charge >= 0.3 is 11.5 Å². The minimum absolute atomic E-state index is 0.0240. The molecular formula is C41H29O4+. The van der Waals surface area contributed by atoms with Crippen LogP contribution in [0.5, 0.6) is 0 Å². The number of rotatable bonds is 6. The van der Waals surface area contributed by atoms with E-state index in [1.54, 1.807) is 6.08 Å². The number of ether oxygens (including phenoxy) is 1. The summed E-state index contributed by atoms with van der Waals surface area (Å²) in [5.74, 6) is 2.43. The van der Waals surface area contributed by atoms with E-state index in [0.717, 1.165) is 33.4 Å². The highest BCUT2D eigenvalue weighted by Crippen LogP contribution is 2.40. The number of benzene rings is 4. The zero-order valence-corrected chi connectivity index (χ0v) is 24.6. The lowest BCUT2D eigenvalue weighted by Gasteiger charge is -2.25. The zero-order chi connectivity index (χ0) is 30.8. The van der Waals surface area contributed by atoms with Gasteiger partial charge in [0.05, 0.1) is 34.4 Å². The molecule has 4 nitrogen and oxygen atoms in total. The third-order valence-electron chi connectivity index (χ3n) is 7.92. The molecule has 7 rings (SSSR count). The fraction of sp³-hybridized carbons (Fsp3) is 0.0244. The molecule has 0 amide bonds. The van der Waals surface area contributed by atoms with Gasteiger partial charge in [0.2, 0.25) is 5.78 Å². The molecule has 4 aromatic carbocycles. The molecule has 2 aliphatic rings. The molecule has 1 aliphatic carbocycles. The number of aliphatic hydroxyl groups excluding tert-OH is 1. The van der Waals surface area contributed by atoms with Crippen molar-refractivity contribution in [2.75, 3.05) is 0 Å². The van der Waals surface area contributed by atoms with E-state index in [4.69, 9.17) is 9.15 Å². The summed E-state index contributed by atoms with van der Waals surface area (Å²) in [6.07, 6.45) is 5.57. The maximum Gasteiger partial charge on any atom is 0.361 e. The van der Waals surface area contributed by atoms with Crippen molar-refractivity contribution in [1.82, 2.24) is 0 Å². The highest BCUT2D eigenvalue weighted by molar-refractivity contribution is 6.24. The molecule has 5 aromatic rings. The third kappa shape index (κ3) is 5.57. The minimum atomic E-state index is -0.211. The quantitative estimate of drug-likeness (QED) is 0.159. The van der Waals surface area contributed by atoms with Gasteiger partial charge in [0.15, 0.2) is 0 Å². The molecule has 0 atom stereocenters. The summed E-state index contributed by atoms with van der Waals surface area (Å²) in [5.41, 5.74) is 6.46. The highest BCUT2D eigenvalue weighted by atomic mass is 16.5. The van der Waals surface area contributed by atoms with Gasteiger partial charge in [0.25, 0.3) is 0 Å². The molecule has 0 unspecified atom stereocenters. The van der Waals surface area contributed by atoms with Crippen LogP contribution in [0, 0.1) is 0 Å². The molecular weight excluding hydrogens is 556 g/mol. The topological polar surface area (TPSA) is 57.8 Å². The molecule has 45 heavy (non-hydrogen) atoms. The van der Waals surface area contributed by atoms with Crippen LogP contribution < -0.4 is 0 Å². The van der Waals surface area contributed by atoms with Gasteiger partial charge in [0.1, 0.15) is 17.3 Å². The van der Waals surface area contributed by atoms with Crippen molar-refractivity contribution in [2.45, 2.75) is 6.92 Å². The Kier molecular flexibility index (Phi) is 7.38. The summed E-state index contributed by atoms with van der Waals surface area (Å²) in [4.78, 5) is 13.7. The molecule has 4 heteroatoms. The van der Waals surface area contributed by atoms with Crippen molar-refractivity contribution >= 4 is 23.4 Å². The summed E-state index contributed by atoms with van der Waals surface area (Å²) in [6.45, 7) is 1.86. The molecule has 1 aliphatic heterocycles. The number of allylic oxidation sites excluding steroid dienone is 6. The van der Waals surface area contributed by atoms with Crippen molar-refractivity contribution in [3.8, 4) is 22.6 Å². The number of Topliss-reactive ketones (excluding diaryl/α,β-unsaturated/α-hetero) is 1. The first kappa shape index (κ1) is 27.8. The standard InChI is InChI=1S/C41H28O4/c1-27(33-25-37(31-18-10-4-11-19-31)45-38(26-33)32-20-12-5-13-21-32)39-40(42)34(41(39)43)22-28-23-35(29-14-6-2-7-15-29)44-36(24-28)30-16-8-3-9-17-30/h2-26H,1H3/p+1. The van der Waals surface area contributed by atoms with Crippen molar-refractivity contribution in [2.24, 2.45) is 0 Å². The van der Waals surface area contributed by atoms with Gasteiger partial charge in [-0.2, -0.15) is 0 Å². The van der Waals surface area contributed by atoms with Gasteiger partial charge in [-0.25, -0.2) is 4.42 Å². The Morgan fingerprint density at radius 3 is 1.49 bits per heavy atom.